The van der Waals surface area contributed by atoms with Gasteiger partial charge in [0, 0.05) is 23.9 Å². The molecule has 0 saturated heterocycles. The number of aryl methyl sites for hydroxylation is 1. The summed E-state index contributed by atoms with van der Waals surface area (Å²) in [6.07, 6.45) is 3.92. The molecule has 2 aromatic heterocycles. The summed E-state index contributed by atoms with van der Waals surface area (Å²) in [5, 5.41) is 24.0. The molecule has 0 aliphatic carbocycles. The summed E-state index contributed by atoms with van der Waals surface area (Å²) in [6, 6.07) is 10.2. The summed E-state index contributed by atoms with van der Waals surface area (Å²) in [4.78, 5) is 21.0. The number of benzene rings is 2. The van der Waals surface area contributed by atoms with Crippen LogP contribution in [-0.4, -0.2) is 30.7 Å². The topological polar surface area (TPSA) is 126 Å². The Bertz CT molecular complexity index is 1360. The molecule has 0 bridgehead atoms. The van der Waals surface area contributed by atoms with E-state index in [1.165, 1.54) is 18.2 Å². The van der Waals surface area contributed by atoms with Gasteiger partial charge in [-0.1, -0.05) is 26.0 Å². The second-order valence-electron chi connectivity index (χ2n) is 8.00. The minimum absolute atomic E-state index is 0.0774. The number of unbranched alkanes of at least 4 members (excludes halogenated alkanes) is 1. The van der Waals surface area contributed by atoms with Crippen molar-refractivity contribution in [3.8, 4) is 11.5 Å². The predicted octanol–water partition coefficient (Wildman–Crippen LogP) is 3.77. The van der Waals surface area contributed by atoms with Gasteiger partial charge in [-0.15, -0.1) is 0 Å². The minimum atomic E-state index is -0.248. The van der Waals surface area contributed by atoms with Crippen LogP contribution >= 0.6 is 0 Å². The molecule has 5 N–H and O–H groups in total. The lowest BCUT2D eigenvalue weighted by Gasteiger charge is -2.13. The molecule has 0 aliphatic heterocycles. The maximum atomic E-state index is 11.6. The van der Waals surface area contributed by atoms with E-state index in [0.29, 0.717) is 35.5 Å². The van der Waals surface area contributed by atoms with Crippen LogP contribution in [0.1, 0.15) is 36.7 Å². The molecule has 2 heterocycles. The standard InChI is InChI=1S/C25H27N5O3/c1-3-5-6-21-29-23-24(30(21)14-16-12-17(31)8-10-20(16)32)18-11-15(13-27-22(33)4-2)7-9-19(18)28-25(23)26/h4,7-12,31-32H,2-3,5-6,13-14H2,1H3,(H2,26,28)(H,27,33). The van der Waals surface area contributed by atoms with Gasteiger partial charge in [-0.05, 0) is 48.4 Å². The number of nitrogens with one attached hydrogen (secondary N) is 1. The number of nitrogens with zero attached hydrogens (tertiary/aromatic N) is 3. The summed E-state index contributed by atoms with van der Waals surface area (Å²) in [6.45, 7) is 6.25. The van der Waals surface area contributed by atoms with E-state index in [4.69, 9.17) is 10.7 Å². The SMILES string of the molecule is C=CC(=O)NCc1ccc2nc(N)c3nc(CCCC)n(Cc4cc(O)ccc4O)c3c2c1. The molecule has 0 atom stereocenters. The summed E-state index contributed by atoms with van der Waals surface area (Å²) < 4.78 is 2.03. The number of anilines is 1. The fraction of sp³-hybridized carbons (Fsp3) is 0.240. The average Bonchev–Trinajstić information content (AvgIpc) is 3.17. The maximum absolute atomic E-state index is 11.6. The van der Waals surface area contributed by atoms with Gasteiger partial charge in [-0.2, -0.15) is 0 Å². The van der Waals surface area contributed by atoms with Gasteiger partial charge < -0.3 is 25.8 Å². The van der Waals surface area contributed by atoms with Gasteiger partial charge in [-0.25, -0.2) is 9.97 Å². The molecule has 8 heteroatoms. The summed E-state index contributed by atoms with van der Waals surface area (Å²) in [5.41, 5.74) is 9.88. The smallest absolute Gasteiger partial charge is 0.243 e. The van der Waals surface area contributed by atoms with Crippen molar-refractivity contribution in [2.75, 3.05) is 5.73 Å². The zero-order valence-electron chi connectivity index (χ0n) is 18.5. The molecule has 0 aliphatic rings. The van der Waals surface area contributed by atoms with Crippen LogP contribution in [0.4, 0.5) is 5.82 Å². The van der Waals surface area contributed by atoms with Crippen molar-refractivity contribution in [3.05, 3.63) is 66.0 Å². The van der Waals surface area contributed by atoms with Crippen molar-refractivity contribution in [2.45, 2.75) is 39.3 Å². The van der Waals surface area contributed by atoms with E-state index in [-0.39, 0.29) is 17.4 Å². The van der Waals surface area contributed by atoms with Crippen molar-refractivity contribution in [2.24, 2.45) is 0 Å². The van der Waals surface area contributed by atoms with E-state index in [1.54, 1.807) is 6.07 Å². The summed E-state index contributed by atoms with van der Waals surface area (Å²) in [7, 11) is 0. The fourth-order valence-electron chi connectivity index (χ4n) is 3.94. The maximum Gasteiger partial charge on any atom is 0.243 e. The van der Waals surface area contributed by atoms with Crippen molar-refractivity contribution in [1.29, 1.82) is 0 Å². The number of pyridine rings is 1. The Morgan fingerprint density at radius 2 is 2.03 bits per heavy atom. The number of aromatic hydroxyl groups is 2. The molecule has 33 heavy (non-hydrogen) atoms. The molecule has 4 rings (SSSR count). The van der Waals surface area contributed by atoms with Crippen molar-refractivity contribution in [3.63, 3.8) is 0 Å². The Hall–Kier alpha value is -4.07. The number of carbonyl (C=O) groups excluding carboxylic acids is 1. The average molecular weight is 446 g/mol. The van der Waals surface area contributed by atoms with Gasteiger partial charge in [0.15, 0.2) is 5.82 Å². The van der Waals surface area contributed by atoms with E-state index in [0.717, 1.165) is 41.6 Å². The number of phenolic OH excluding ortho intramolecular Hbond substituents is 2. The van der Waals surface area contributed by atoms with E-state index in [2.05, 4.69) is 23.8 Å². The Kier molecular flexibility index (Phi) is 6.17. The Morgan fingerprint density at radius 1 is 1.21 bits per heavy atom. The Balaban J connectivity index is 1.92. The predicted molar refractivity (Wildman–Crippen MR) is 129 cm³/mol. The number of imidazole rings is 1. The monoisotopic (exact) mass is 445 g/mol. The number of rotatable bonds is 8. The molecule has 1 amide bonds. The summed E-state index contributed by atoms with van der Waals surface area (Å²) >= 11 is 0. The number of aromatic nitrogens is 3. The highest BCUT2D eigenvalue weighted by atomic mass is 16.3. The molecule has 0 unspecified atom stereocenters. The van der Waals surface area contributed by atoms with Gasteiger partial charge in [0.1, 0.15) is 22.8 Å². The number of fused-ring (bicyclic) bond motifs is 3. The van der Waals surface area contributed by atoms with E-state index < -0.39 is 0 Å². The van der Waals surface area contributed by atoms with Crippen molar-refractivity contribution in [1.82, 2.24) is 19.9 Å². The van der Waals surface area contributed by atoms with Crippen LogP contribution in [0, 0.1) is 0 Å². The first kappa shape index (κ1) is 22.1. The van der Waals surface area contributed by atoms with Crippen LogP contribution in [0.3, 0.4) is 0 Å². The van der Waals surface area contributed by atoms with Gasteiger partial charge in [0.25, 0.3) is 0 Å². The second-order valence-corrected chi connectivity index (χ2v) is 8.00. The molecule has 2 aromatic carbocycles. The van der Waals surface area contributed by atoms with E-state index in [1.807, 2.05) is 22.8 Å². The van der Waals surface area contributed by atoms with Gasteiger partial charge in [-0.3, -0.25) is 4.79 Å². The number of nitrogens with two attached hydrogens (primary N) is 1. The lowest BCUT2D eigenvalue weighted by atomic mass is 10.1. The lowest BCUT2D eigenvalue weighted by molar-refractivity contribution is -0.116. The second kappa shape index (κ2) is 9.20. The molecule has 0 fully saturated rings. The van der Waals surface area contributed by atoms with E-state index >= 15 is 0 Å². The first-order valence-electron chi connectivity index (χ1n) is 10.9. The van der Waals surface area contributed by atoms with Gasteiger partial charge >= 0.3 is 0 Å². The minimum Gasteiger partial charge on any atom is -0.508 e. The highest BCUT2D eigenvalue weighted by Crippen LogP contribution is 2.32. The highest BCUT2D eigenvalue weighted by Gasteiger charge is 2.19. The molecule has 0 saturated carbocycles. The molecular weight excluding hydrogens is 418 g/mol. The molecule has 8 nitrogen and oxygen atoms in total. The molecule has 170 valence electrons. The van der Waals surface area contributed by atoms with Crippen LogP contribution in [-0.2, 0) is 24.3 Å². The number of phenols is 2. The van der Waals surface area contributed by atoms with Crippen LogP contribution in [0.15, 0.2) is 49.1 Å². The molecular formula is C25H27N5O3. The number of hydrogen-bond donors (Lipinski definition) is 4. The Morgan fingerprint density at radius 3 is 2.79 bits per heavy atom. The zero-order valence-corrected chi connectivity index (χ0v) is 18.5. The van der Waals surface area contributed by atoms with Crippen LogP contribution in [0.2, 0.25) is 0 Å². The first-order chi connectivity index (χ1) is 15.9. The van der Waals surface area contributed by atoms with Crippen molar-refractivity contribution < 1.29 is 15.0 Å². The highest BCUT2D eigenvalue weighted by molar-refractivity contribution is 6.07. The molecule has 0 radical (unpaired) electrons. The third-order valence-electron chi connectivity index (χ3n) is 5.64. The normalized spacial score (nSPS) is 11.2. The van der Waals surface area contributed by atoms with Crippen LogP contribution in [0.25, 0.3) is 21.9 Å². The van der Waals surface area contributed by atoms with Gasteiger partial charge in [0.2, 0.25) is 5.91 Å². The van der Waals surface area contributed by atoms with Gasteiger partial charge in [0.05, 0.1) is 17.6 Å². The Labute approximate surface area is 191 Å². The fourth-order valence-corrected chi connectivity index (χ4v) is 3.94. The van der Waals surface area contributed by atoms with Crippen molar-refractivity contribution >= 4 is 33.7 Å². The summed E-state index contributed by atoms with van der Waals surface area (Å²) in [5.74, 6) is 1.09. The molecule has 0 spiro atoms. The quantitative estimate of drug-likeness (QED) is 0.242. The third-order valence-corrected chi connectivity index (χ3v) is 5.64. The van der Waals surface area contributed by atoms with Crippen LogP contribution in [0.5, 0.6) is 11.5 Å². The van der Waals surface area contributed by atoms with Crippen LogP contribution < -0.4 is 11.1 Å². The number of carbonyl (C=O) groups is 1. The lowest BCUT2D eigenvalue weighted by Crippen LogP contribution is -2.19. The largest absolute Gasteiger partial charge is 0.508 e. The number of amides is 1. The first-order valence-corrected chi connectivity index (χ1v) is 10.9. The number of nitrogen functional groups attached to an aromatic ring is 1. The number of hydrogen-bond acceptors (Lipinski definition) is 6. The zero-order chi connectivity index (χ0) is 23.5. The van der Waals surface area contributed by atoms with E-state index in [9.17, 15) is 15.0 Å². The molecule has 4 aromatic rings. The third kappa shape index (κ3) is 4.45.